The highest BCUT2D eigenvalue weighted by molar-refractivity contribution is 6.31. The van der Waals surface area contributed by atoms with Gasteiger partial charge in [-0.15, -0.1) is 0 Å². The number of aliphatic carboxylic acids is 1. The Balaban J connectivity index is 1.61. The summed E-state index contributed by atoms with van der Waals surface area (Å²) < 4.78 is 40.1. The average Bonchev–Trinajstić information content (AvgIpc) is 3.04. The summed E-state index contributed by atoms with van der Waals surface area (Å²) >= 11 is 5.71. The fourth-order valence-corrected chi connectivity index (χ4v) is 5.44. The highest BCUT2D eigenvalue weighted by Crippen LogP contribution is 2.37. The van der Waals surface area contributed by atoms with E-state index in [1.807, 2.05) is 17.0 Å². The van der Waals surface area contributed by atoms with Gasteiger partial charge >= 0.3 is 12.1 Å². The first-order chi connectivity index (χ1) is 22.3. The number of aliphatic imine (C=N–C) groups is 1. The molecule has 1 amide bonds. The van der Waals surface area contributed by atoms with Crippen LogP contribution in [0.4, 0.5) is 30.2 Å². The van der Waals surface area contributed by atoms with E-state index in [0.717, 1.165) is 68.2 Å². The van der Waals surface area contributed by atoms with E-state index >= 15 is 0 Å². The van der Waals surface area contributed by atoms with Crippen molar-refractivity contribution in [2.45, 2.75) is 38.4 Å². The van der Waals surface area contributed by atoms with Gasteiger partial charge in [0.2, 0.25) is 0 Å². The zero-order chi connectivity index (χ0) is 34.1. The van der Waals surface area contributed by atoms with E-state index in [4.69, 9.17) is 22.1 Å². The number of halogens is 4. The molecule has 3 aromatic rings. The van der Waals surface area contributed by atoms with Gasteiger partial charge in [-0.25, -0.2) is 0 Å². The van der Waals surface area contributed by atoms with Crippen LogP contribution in [0.15, 0.2) is 65.7 Å². The Morgan fingerprint density at radius 2 is 1.83 bits per heavy atom. The predicted molar refractivity (Wildman–Crippen MR) is 177 cm³/mol. The smallest absolute Gasteiger partial charge is 0.417 e. The van der Waals surface area contributed by atoms with Gasteiger partial charge in [0, 0.05) is 55.4 Å². The molecule has 1 fully saturated rings. The number of carboxylic acid groups (broad SMARTS) is 1. The Bertz CT molecular complexity index is 1660. The largest absolute Gasteiger partial charge is 0.481 e. The van der Waals surface area contributed by atoms with Crippen LogP contribution in [-0.4, -0.2) is 66.8 Å². The number of benzene rings is 3. The van der Waals surface area contributed by atoms with Crippen molar-refractivity contribution in [1.82, 2.24) is 4.90 Å². The maximum atomic E-state index is 13.9. The lowest BCUT2D eigenvalue weighted by molar-refractivity contribution is -0.138. The van der Waals surface area contributed by atoms with Gasteiger partial charge in [0.05, 0.1) is 34.3 Å². The number of Topliss-reactive ketones (excluding diaryl/α,β-unsaturated/α-hetero) is 1. The van der Waals surface area contributed by atoms with Crippen molar-refractivity contribution in [2.24, 2.45) is 10.9 Å². The highest BCUT2D eigenvalue weighted by Gasteiger charge is 2.33. The molecule has 47 heavy (non-hydrogen) atoms. The van der Waals surface area contributed by atoms with E-state index in [9.17, 15) is 27.6 Å². The molecule has 1 saturated heterocycles. The fraction of sp³-hybridized carbons (Fsp3) is 0.324. The number of carbonyl (C=O) groups is 3. The minimum absolute atomic E-state index is 0.0172. The van der Waals surface area contributed by atoms with E-state index in [0.29, 0.717) is 18.7 Å². The van der Waals surface area contributed by atoms with Crippen LogP contribution in [0.3, 0.4) is 0 Å². The maximum Gasteiger partial charge on any atom is 0.417 e. The summed E-state index contributed by atoms with van der Waals surface area (Å²) in [7, 11) is 1.78. The number of hydrogen-bond acceptors (Lipinski definition) is 7. The molecule has 0 aliphatic carbocycles. The number of alkyl halides is 3. The van der Waals surface area contributed by atoms with Crippen LogP contribution in [0, 0.1) is 11.3 Å². The molecule has 0 aromatic heterocycles. The summed E-state index contributed by atoms with van der Waals surface area (Å²) in [6.07, 6.45) is 0.296. The third-order valence-corrected chi connectivity index (χ3v) is 8.04. The van der Waals surface area contributed by atoms with Gasteiger partial charge in [0.1, 0.15) is 0 Å². The second kappa shape index (κ2) is 15.8. The number of carbonyl (C=O) groups excluding carboxylic acids is 2. The molecule has 9 nitrogen and oxygen atoms in total. The van der Waals surface area contributed by atoms with Crippen molar-refractivity contribution in [3.63, 3.8) is 0 Å². The molecule has 4 rings (SSSR count). The van der Waals surface area contributed by atoms with Crippen LogP contribution in [-0.2, 0) is 17.5 Å². The molecule has 1 unspecified atom stereocenters. The first kappa shape index (κ1) is 35.3. The molecule has 1 atom stereocenters. The zero-order valence-electron chi connectivity index (χ0n) is 25.7. The highest BCUT2D eigenvalue weighted by atomic mass is 35.5. The van der Waals surface area contributed by atoms with Gasteiger partial charge in [0.25, 0.3) is 5.91 Å². The Morgan fingerprint density at radius 3 is 2.51 bits per heavy atom. The normalized spacial score (nSPS) is 14.3. The summed E-state index contributed by atoms with van der Waals surface area (Å²) in [5.74, 6) is -3.20. The minimum atomic E-state index is -4.70. The molecule has 248 valence electrons. The van der Waals surface area contributed by atoms with E-state index in [1.54, 1.807) is 37.4 Å². The molecule has 1 heterocycles. The van der Waals surface area contributed by atoms with Crippen LogP contribution in [0.25, 0.3) is 0 Å². The number of nitrogens with one attached hydrogen (secondary N) is 2. The van der Waals surface area contributed by atoms with Crippen molar-refractivity contribution in [3.05, 3.63) is 87.9 Å². The second-order valence-electron chi connectivity index (χ2n) is 11.3. The monoisotopic (exact) mass is 669 g/mol. The van der Waals surface area contributed by atoms with E-state index in [-0.39, 0.29) is 23.4 Å². The van der Waals surface area contributed by atoms with Gasteiger partial charge in [-0.05, 0) is 80.4 Å². The Hall–Kier alpha value is -4.55. The van der Waals surface area contributed by atoms with E-state index in [2.05, 4.69) is 15.2 Å². The summed E-state index contributed by atoms with van der Waals surface area (Å²) in [6.45, 7) is 2.34. The SMILES string of the molecule is CN(CCC(=O)O)Cc1cccc(C(=O)Nc2ccc(N3CCCCC3)cc2C(=O)C(C=N)C=Nc2ccc(Cl)c(C(F)(F)F)c2)c1. The molecule has 1 aliphatic heterocycles. The quantitative estimate of drug-likeness (QED) is 0.129. The number of hydrogen-bond donors (Lipinski definition) is 3. The molecule has 0 spiro atoms. The van der Waals surface area contributed by atoms with Crippen LogP contribution in [0.5, 0.6) is 0 Å². The summed E-state index contributed by atoms with van der Waals surface area (Å²) in [6, 6.07) is 15.1. The van der Waals surface area contributed by atoms with Crippen LogP contribution < -0.4 is 10.2 Å². The average molecular weight is 670 g/mol. The molecule has 0 bridgehead atoms. The van der Waals surface area contributed by atoms with Gasteiger partial charge in [-0.3, -0.25) is 19.4 Å². The lowest BCUT2D eigenvalue weighted by atomic mass is 9.96. The molecule has 0 radical (unpaired) electrons. The predicted octanol–water partition coefficient (Wildman–Crippen LogP) is 7.36. The van der Waals surface area contributed by atoms with Crippen molar-refractivity contribution in [2.75, 3.05) is 36.9 Å². The number of rotatable bonds is 13. The third-order valence-electron chi connectivity index (χ3n) is 7.71. The molecule has 0 saturated carbocycles. The van der Waals surface area contributed by atoms with E-state index in [1.165, 1.54) is 6.07 Å². The zero-order valence-corrected chi connectivity index (χ0v) is 26.4. The topological polar surface area (TPSA) is 126 Å². The maximum absolute atomic E-state index is 13.9. The van der Waals surface area contributed by atoms with E-state index < -0.39 is 40.3 Å². The summed E-state index contributed by atoms with van der Waals surface area (Å²) in [5, 5.41) is 19.2. The third kappa shape index (κ3) is 9.72. The molecule has 3 N–H and O–H groups in total. The van der Waals surface area contributed by atoms with Gasteiger partial charge in [-0.2, -0.15) is 13.2 Å². The molecular formula is C34H35ClF3N5O4. The molecule has 3 aromatic carbocycles. The number of piperidine rings is 1. The first-order valence-corrected chi connectivity index (χ1v) is 15.4. The van der Waals surface area contributed by atoms with Crippen molar-refractivity contribution < 1.29 is 32.7 Å². The lowest BCUT2D eigenvalue weighted by Crippen LogP contribution is -2.30. The van der Waals surface area contributed by atoms with Crippen LogP contribution in [0.1, 0.15) is 57.5 Å². The number of carboxylic acids is 1. The molecule has 1 aliphatic rings. The van der Waals surface area contributed by atoms with Crippen molar-refractivity contribution in [1.29, 1.82) is 5.41 Å². The molecular weight excluding hydrogens is 635 g/mol. The van der Waals surface area contributed by atoms with Gasteiger partial charge < -0.3 is 25.6 Å². The van der Waals surface area contributed by atoms with Crippen LogP contribution in [0.2, 0.25) is 5.02 Å². The fourth-order valence-electron chi connectivity index (χ4n) is 5.22. The first-order valence-electron chi connectivity index (χ1n) is 15.0. The Morgan fingerprint density at radius 1 is 1.09 bits per heavy atom. The lowest BCUT2D eigenvalue weighted by Gasteiger charge is -2.29. The Labute approximate surface area is 275 Å². The second-order valence-corrected chi connectivity index (χ2v) is 11.7. The Kier molecular flexibility index (Phi) is 11.9. The summed E-state index contributed by atoms with van der Waals surface area (Å²) in [5.41, 5.74) is 1.05. The standard InChI is InChI=1S/C34H35ClF3N5O4/c1-42(15-12-31(44)45)21-22-6-5-7-23(16-22)33(47)41-30-11-9-26(43-13-3-2-4-14-43)18-27(30)32(46)24(19-39)20-40-25-8-10-29(35)28(17-25)34(36,37)38/h5-11,16-20,24,39H,2-4,12-15,21H2,1H3,(H,41,47)(H,44,45). The number of anilines is 2. The van der Waals surface area contributed by atoms with Crippen LogP contribution >= 0.6 is 11.6 Å². The minimum Gasteiger partial charge on any atom is -0.481 e. The summed E-state index contributed by atoms with van der Waals surface area (Å²) in [4.78, 5) is 46.2. The number of amides is 1. The van der Waals surface area contributed by atoms with Gasteiger partial charge in [0.15, 0.2) is 5.78 Å². The van der Waals surface area contributed by atoms with Crippen molar-refractivity contribution in [3.8, 4) is 0 Å². The van der Waals surface area contributed by atoms with Crippen molar-refractivity contribution >= 4 is 58.8 Å². The number of nitrogens with zero attached hydrogens (tertiary/aromatic N) is 3. The number of ketones is 1. The van der Waals surface area contributed by atoms with Gasteiger partial charge in [-0.1, -0.05) is 23.7 Å². The molecule has 13 heteroatoms.